The Kier molecular flexibility index (Phi) is 5.05. The van der Waals surface area contributed by atoms with Gasteiger partial charge in [-0.2, -0.15) is 0 Å². The van der Waals surface area contributed by atoms with Crippen LogP contribution < -0.4 is 0 Å². The fourth-order valence-electron chi connectivity index (χ4n) is 4.42. The number of halogens is 1. The maximum atomic E-state index is 12.5. The summed E-state index contributed by atoms with van der Waals surface area (Å²) in [6.45, 7) is 3.08. The van der Waals surface area contributed by atoms with E-state index in [1.807, 2.05) is 18.2 Å². The molecule has 1 heterocycles. The highest BCUT2D eigenvalue weighted by Crippen LogP contribution is 2.42. The fourth-order valence-corrected chi connectivity index (χ4v) is 5.31. The first-order valence-corrected chi connectivity index (χ1v) is 11.3. The van der Waals surface area contributed by atoms with Gasteiger partial charge in [0.05, 0.1) is 0 Å². The maximum Gasteiger partial charge on any atom is 0.176 e. The molecule has 1 unspecified atom stereocenters. The number of para-hydroxylation sites is 1. The van der Waals surface area contributed by atoms with Gasteiger partial charge in [0.2, 0.25) is 0 Å². The van der Waals surface area contributed by atoms with Gasteiger partial charge in [0.1, 0.15) is 11.8 Å². The van der Waals surface area contributed by atoms with E-state index in [-0.39, 0.29) is 0 Å². The molecule has 0 saturated heterocycles. The molecule has 4 heteroatoms. The third kappa shape index (κ3) is 3.06. The standard InChI is InChI=1S/C22H24ClNOS/c1-3-16-6-4-7-18-19-8-5-9-20(26(2)25)22(19)24(21(16)18)14-15-10-12-17(23)13-11-15/h5,8-13,16H,3-4,6-7,14H2,1-2H3/t16-,26?/m1/s1. The van der Waals surface area contributed by atoms with Crippen molar-refractivity contribution in [3.8, 4) is 0 Å². The molecule has 2 nitrogen and oxygen atoms in total. The molecule has 0 radical (unpaired) electrons. The lowest BCUT2D eigenvalue weighted by Crippen LogP contribution is -2.15. The molecule has 0 saturated carbocycles. The van der Waals surface area contributed by atoms with Crippen LogP contribution in [0, 0.1) is 0 Å². The summed E-state index contributed by atoms with van der Waals surface area (Å²) in [4.78, 5) is 0.945. The van der Waals surface area contributed by atoms with Crippen molar-refractivity contribution in [3.05, 3.63) is 64.3 Å². The van der Waals surface area contributed by atoms with E-state index in [0.29, 0.717) is 5.92 Å². The summed E-state index contributed by atoms with van der Waals surface area (Å²) < 4.78 is 14.9. The van der Waals surface area contributed by atoms with Crippen LogP contribution in [0.3, 0.4) is 0 Å². The smallest absolute Gasteiger partial charge is 0.176 e. The van der Waals surface area contributed by atoms with Crippen molar-refractivity contribution in [2.24, 2.45) is 0 Å². The van der Waals surface area contributed by atoms with E-state index in [1.165, 1.54) is 35.0 Å². The van der Waals surface area contributed by atoms with Gasteiger partial charge in [-0.05, 0) is 72.1 Å². The molecule has 2 atom stereocenters. The lowest BCUT2D eigenvalue weighted by molar-refractivity contribution is 0.507. The fraction of sp³-hybridized carbons (Fsp3) is 0.364. The molecule has 1 aliphatic rings. The molecule has 136 valence electrons. The van der Waals surface area contributed by atoms with Crippen LogP contribution in [0.2, 0.25) is 5.02 Å². The van der Waals surface area contributed by atoms with E-state index in [4.69, 9.17) is 11.6 Å². The van der Waals surface area contributed by atoms with Crippen molar-refractivity contribution < 1.29 is 4.55 Å². The first-order chi connectivity index (χ1) is 12.6. The van der Waals surface area contributed by atoms with Gasteiger partial charge in [-0.3, -0.25) is 0 Å². The van der Waals surface area contributed by atoms with E-state index < -0.39 is 11.2 Å². The predicted molar refractivity (Wildman–Crippen MR) is 111 cm³/mol. The van der Waals surface area contributed by atoms with Crippen LogP contribution in [-0.2, 0) is 24.1 Å². The lowest BCUT2D eigenvalue weighted by Gasteiger charge is -2.25. The Morgan fingerprint density at radius 3 is 2.65 bits per heavy atom. The zero-order valence-corrected chi connectivity index (χ0v) is 16.9. The molecule has 1 aliphatic carbocycles. The summed E-state index contributed by atoms with van der Waals surface area (Å²) in [5.74, 6) is 0.580. The summed E-state index contributed by atoms with van der Waals surface area (Å²) in [5.41, 5.74) is 5.32. The molecule has 0 bridgehead atoms. The van der Waals surface area contributed by atoms with Crippen LogP contribution in [0.4, 0.5) is 0 Å². The van der Waals surface area contributed by atoms with Gasteiger partial charge >= 0.3 is 0 Å². The quantitative estimate of drug-likeness (QED) is 0.513. The zero-order chi connectivity index (χ0) is 18.3. The third-order valence-corrected chi connectivity index (χ3v) is 6.82. The second-order valence-corrected chi connectivity index (χ2v) is 8.96. The van der Waals surface area contributed by atoms with Crippen molar-refractivity contribution >= 4 is 33.7 Å². The number of benzene rings is 2. The number of hydrogen-bond donors (Lipinski definition) is 0. The van der Waals surface area contributed by atoms with Crippen LogP contribution >= 0.6 is 11.6 Å². The van der Waals surface area contributed by atoms with E-state index in [0.717, 1.165) is 34.8 Å². The average molecular weight is 386 g/mol. The van der Waals surface area contributed by atoms with Crippen LogP contribution in [0.15, 0.2) is 47.4 Å². The zero-order valence-electron chi connectivity index (χ0n) is 15.3. The second-order valence-electron chi connectivity index (χ2n) is 7.18. The van der Waals surface area contributed by atoms with E-state index in [2.05, 4.69) is 35.8 Å². The normalized spacial score (nSPS) is 18.1. The van der Waals surface area contributed by atoms with Crippen molar-refractivity contribution in [1.29, 1.82) is 0 Å². The van der Waals surface area contributed by atoms with Crippen molar-refractivity contribution in [2.45, 2.75) is 50.0 Å². The molecule has 1 aromatic heterocycles. The van der Waals surface area contributed by atoms with Crippen LogP contribution in [0.1, 0.15) is 48.9 Å². The molecule has 0 amide bonds. The Balaban J connectivity index is 1.97. The van der Waals surface area contributed by atoms with Gasteiger partial charge < -0.3 is 9.12 Å². The van der Waals surface area contributed by atoms with Crippen LogP contribution in [0.5, 0.6) is 0 Å². The molecule has 0 N–H and O–H groups in total. The number of aromatic nitrogens is 1. The second kappa shape index (κ2) is 7.30. The van der Waals surface area contributed by atoms with Gasteiger partial charge in [0.15, 0.2) is 4.90 Å². The van der Waals surface area contributed by atoms with Crippen LogP contribution in [0.25, 0.3) is 10.9 Å². The molecular formula is C22H24ClNOS. The number of aryl methyl sites for hydroxylation is 1. The minimum absolute atomic E-state index is 0.580. The highest BCUT2D eigenvalue weighted by molar-refractivity contribution is 7.91. The highest BCUT2D eigenvalue weighted by Gasteiger charge is 2.29. The minimum Gasteiger partial charge on any atom is -0.612 e. The third-order valence-electron chi connectivity index (χ3n) is 5.62. The van der Waals surface area contributed by atoms with Crippen LogP contribution in [-0.4, -0.2) is 15.4 Å². The molecular weight excluding hydrogens is 362 g/mol. The Morgan fingerprint density at radius 1 is 1.19 bits per heavy atom. The molecule has 26 heavy (non-hydrogen) atoms. The molecule has 3 aromatic rings. The van der Waals surface area contributed by atoms with E-state index in [1.54, 1.807) is 6.26 Å². The summed E-state index contributed by atoms with van der Waals surface area (Å²) in [7, 11) is 0. The predicted octanol–water partition coefficient (Wildman–Crippen LogP) is 5.91. The van der Waals surface area contributed by atoms with Crippen molar-refractivity contribution in [1.82, 2.24) is 4.57 Å². The topological polar surface area (TPSA) is 28.0 Å². The van der Waals surface area contributed by atoms with Gasteiger partial charge in [-0.1, -0.05) is 42.8 Å². The number of rotatable bonds is 4. The molecule has 0 spiro atoms. The maximum absolute atomic E-state index is 12.5. The Morgan fingerprint density at radius 2 is 1.96 bits per heavy atom. The number of fused-ring (bicyclic) bond motifs is 3. The Bertz CT molecular complexity index is 929. The van der Waals surface area contributed by atoms with Crippen molar-refractivity contribution in [2.75, 3.05) is 6.26 Å². The lowest BCUT2D eigenvalue weighted by atomic mass is 9.85. The average Bonchev–Trinajstić information content (AvgIpc) is 2.97. The Hall–Kier alpha value is -1.42. The van der Waals surface area contributed by atoms with E-state index in [9.17, 15) is 4.55 Å². The van der Waals surface area contributed by atoms with Gasteiger partial charge in [-0.25, -0.2) is 0 Å². The van der Waals surface area contributed by atoms with E-state index >= 15 is 0 Å². The highest BCUT2D eigenvalue weighted by atomic mass is 35.5. The largest absolute Gasteiger partial charge is 0.612 e. The van der Waals surface area contributed by atoms with Gasteiger partial charge in [0, 0.05) is 22.6 Å². The minimum atomic E-state index is -1.01. The summed E-state index contributed by atoms with van der Waals surface area (Å²) in [6.07, 6.45) is 6.53. The number of nitrogens with zero attached hydrogens (tertiary/aromatic N) is 1. The summed E-state index contributed by atoms with van der Waals surface area (Å²) >= 11 is 5.06. The molecule has 4 rings (SSSR count). The monoisotopic (exact) mass is 385 g/mol. The first kappa shape index (κ1) is 18.0. The number of hydrogen-bond acceptors (Lipinski definition) is 1. The molecule has 0 aliphatic heterocycles. The van der Waals surface area contributed by atoms with Gasteiger partial charge in [-0.15, -0.1) is 0 Å². The molecule has 0 fully saturated rings. The first-order valence-electron chi connectivity index (χ1n) is 9.32. The summed E-state index contributed by atoms with van der Waals surface area (Å²) in [6, 6.07) is 14.4. The van der Waals surface area contributed by atoms with Crippen molar-refractivity contribution in [3.63, 3.8) is 0 Å². The van der Waals surface area contributed by atoms with Gasteiger partial charge in [0.25, 0.3) is 0 Å². The molecule has 2 aromatic carbocycles. The summed E-state index contributed by atoms with van der Waals surface area (Å²) in [5, 5.41) is 2.05. The SMILES string of the molecule is CC[C@@H]1CCCc2c1n(Cc1ccc(Cl)cc1)c1c([S+](C)[O-])cccc21. The Labute approximate surface area is 163 Å².